The summed E-state index contributed by atoms with van der Waals surface area (Å²) in [6.45, 7) is 4.81. The first-order chi connectivity index (χ1) is 7.50. The van der Waals surface area contributed by atoms with Gasteiger partial charge in [-0.3, -0.25) is 0 Å². The number of nitrogens with one attached hydrogen (secondary N) is 1. The molecule has 0 aliphatic carbocycles. The van der Waals surface area contributed by atoms with E-state index in [-0.39, 0.29) is 17.5 Å². The Labute approximate surface area is 95.8 Å². The molecule has 0 radical (unpaired) electrons. The van der Waals surface area contributed by atoms with Crippen LogP contribution in [0.3, 0.4) is 0 Å². The number of rotatable bonds is 3. The molecule has 0 spiro atoms. The number of hydrogen-bond acceptors (Lipinski definition) is 4. The summed E-state index contributed by atoms with van der Waals surface area (Å²) < 4.78 is 24.6. The second-order valence-corrected chi connectivity index (χ2v) is 6.46. The zero-order chi connectivity index (χ0) is 11.8. The van der Waals surface area contributed by atoms with Crippen molar-refractivity contribution in [1.29, 1.82) is 0 Å². The lowest BCUT2D eigenvalue weighted by Gasteiger charge is -2.12. The zero-order valence-electron chi connectivity index (χ0n) is 9.60. The molecule has 1 unspecified atom stereocenters. The predicted octanol–water partition coefficient (Wildman–Crippen LogP) is 0.810. The van der Waals surface area contributed by atoms with Gasteiger partial charge in [-0.05, 0) is 20.3 Å². The molecule has 1 aliphatic rings. The molecule has 1 saturated heterocycles. The summed E-state index contributed by atoms with van der Waals surface area (Å²) in [5, 5.41) is 3.21. The first-order valence-electron chi connectivity index (χ1n) is 5.51. The van der Waals surface area contributed by atoms with Crippen LogP contribution in [0, 0.1) is 6.92 Å². The zero-order valence-corrected chi connectivity index (χ0v) is 10.4. The Kier molecular flexibility index (Phi) is 2.92. The van der Waals surface area contributed by atoms with Crippen LogP contribution in [0.15, 0.2) is 6.20 Å². The Morgan fingerprint density at radius 1 is 1.62 bits per heavy atom. The van der Waals surface area contributed by atoms with Crippen molar-refractivity contribution >= 4 is 15.8 Å². The molecule has 1 fully saturated rings. The highest BCUT2D eigenvalue weighted by Gasteiger charge is 2.28. The highest BCUT2D eigenvalue weighted by Crippen LogP contribution is 2.17. The van der Waals surface area contributed by atoms with Crippen LogP contribution in [0.25, 0.3) is 0 Å². The van der Waals surface area contributed by atoms with Gasteiger partial charge in [0.05, 0.1) is 17.2 Å². The number of aryl methyl sites for hydroxylation is 2. The van der Waals surface area contributed by atoms with Crippen LogP contribution in [0.4, 0.5) is 5.95 Å². The number of anilines is 1. The molecule has 1 atom stereocenters. The summed E-state index contributed by atoms with van der Waals surface area (Å²) >= 11 is 0. The molecule has 1 aromatic rings. The molecule has 1 aliphatic heterocycles. The van der Waals surface area contributed by atoms with Crippen molar-refractivity contribution in [3.05, 3.63) is 11.9 Å². The molecule has 0 aromatic carbocycles. The maximum absolute atomic E-state index is 11.3. The second-order valence-electron chi connectivity index (χ2n) is 4.24. The molecule has 0 saturated carbocycles. The summed E-state index contributed by atoms with van der Waals surface area (Å²) in [4.78, 5) is 4.35. The highest BCUT2D eigenvalue weighted by atomic mass is 32.2. The highest BCUT2D eigenvalue weighted by molar-refractivity contribution is 7.91. The van der Waals surface area contributed by atoms with Gasteiger partial charge in [0.2, 0.25) is 5.95 Å². The summed E-state index contributed by atoms with van der Waals surface area (Å²) in [5.74, 6) is 1.29. The fraction of sp³-hybridized carbons (Fsp3) is 0.700. The third-order valence-electron chi connectivity index (χ3n) is 2.80. The Hall–Kier alpha value is -1.04. The fourth-order valence-electron chi connectivity index (χ4n) is 1.99. The molecule has 0 amide bonds. The molecule has 16 heavy (non-hydrogen) atoms. The van der Waals surface area contributed by atoms with E-state index in [1.54, 1.807) is 0 Å². The first-order valence-corrected chi connectivity index (χ1v) is 7.33. The molecule has 2 rings (SSSR count). The van der Waals surface area contributed by atoms with Gasteiger partial charge < -0.3 is 9.88 Å². The Bertz CT molecular complexity index is 478. The Morgan fingerprint density at radius 2 is 2.38 bits per heavy atom. The largest absolute Gasteiger partial charge is 0.352 e. The van der Waals surface area contributed by atoms with Crippen LogP contribution in [0.1, 0.15) is 19.0 Å². The van der Waals surface area contributed by atoms with E-state index in [1.807, 2.05) is 24.6 Å². The third-order valence-corrected chi connectivity index (χ3v) is 4.57. The van der Waals surface area contributed by atoms with Gasteiger partial charge in [0.1, 0.15) is 0 Å². The molecular formula is C10H17N3O2S. The van der Waals surface area contributed by atoms with Crippen molar-refractivity contribution in [2.24, 2.45) is 0 Å². The number of sulfone groups is 1. The van der Waals surface area contributed by atoms with E-state index in [1.165, 1.54) is 0 Å². The predicted molar refractivity (Wildman–Crippen MR) is 63.3 cm³/mol. The summed E-state index contributed by atoms with van der Waals surface area (Å²) in [7, 11) is -2.83. The lowest BCUT2D eigenvalue weighted by Crippen LogP contribution is -2.22. The van der Waals surface area contributed by atoms with Gasteiger partial charge in [-0.2, -0.15) is 0 Å². The topological polar surface area (TPSA) is 64.0 Å². The van der Waals surface area contributed by atoms with Gasteiger partial charge in [0, 0.05) is 18.8 Å². The molecule has 0 bridgehead atoms. The maximum Gasteiger partial charge on any atom is 0.203 e. The Morgan fingerprint density at radius 3 is 2.94 bits per heavy atom. The smallest absolute Gasteiger partial charge is 0.203 e. The SMILES string of the molecule is CCn1cc(C)nc1NC1CCS(=O)(=O)C1. The molecule has 5 nitrogen and oxygen atoms in total. The van der Waals surface area contributed by atoms with Crippen LogP contribution in [-0.4, -0.2) is 35.5 Å². The standard InChI is InChI=1S/C10H17N3O2S/c1-3-13-6-8(2)11-10(13)12-9-4-5-16(14,15)7-9/h6,9H,3-5,7H2,1-2H3,(H,11,12). The van der Waals surface area contributed by atoms with Crippen LogP contribution in [0.5, 0.6) is 0 Å². The molecule has 90 valence electrons. The van der Waals surface area contributed by atoms with E-state index >= 15 is 0 Å². The van der Waals surface area contributed by atoms with Gasteiger partial charge in [-0.15, -0.1) is 0 Å². The van der Waals surface area contributed by atoms with E-state index in [0.29, 0.717) is 6.42 Å². The second kappa shape index (κ2) is 4.08. The fourth-order valence-corrected chi connectivity index (χ4v) is 3.67. The van der Waals surface area contributed by atoms with E-state index in [0.717, 1.165) is 18.2 Å². The lowest BCUT2D eigenvalue weighted by molar-refractivity contribution is 0.602. The molecular weight excluding hydrogens is 226 g/mol. The number of nitrogens with zero attached hydrogens (tertiary/aromatic N) is 2. The van der Waals surface area contributed by atoms with Crippen molar-refractivity contribution in [2.45, 2.75) is 32.9 Å². The van der Waals surface area contributed by atoms with Gasteiger partial charge in [-0.1, -0.05) is 0 Å². The minimum absolute atomic E-state index is 0.0112. The Balaban J connectivity index is 2.10. The van der Waals surface area contributed by atoms with Crippen molar-refractivity contribution < 1.29 is 8.42 Å². The van der Waals surface area contributed by atoms with E-state index in [2.05, 4.69) is 10.3 Å². The quantitative estimate of drug-likeness (QED) is 0.853. The molecule has 2 heterocycles. The number of hydrogen-bond donors (Lipinski definition) is 1. The third kappa shape index (κ3) is 2.37. The molecule has 1 aromatic heterocycles. The van der Waals surface area contributed by atoms with Gasteiger partial charge >= 0.3 is 0 Å². The number of imidazole rings is 1. The van der Waals surface area contributed by atoms with E-state index in [9.17, 15) is 8.42 Å². The van der Waals surface area contributed by atoms with Gasteiger partial charge in [0.25, 0.3) is 0 Å². The summed E-state index contributed by atoms with van der Waals surface area (Å²) in [6, 6.07) is 0.0112. The maximum atomic E-state index is 11.3. The van der Waals surface area contributed by atoms with E-state index < -0.39 is 9.84 Å². The minimum atomic E-state index is -2.83. The monoisotopic (exact) mass is 243 g/mol. The average Bonchev–Trinajstić information content (AvgIpc) is 2.70. The van der Waals surface area contributed by atoms with Crippen LogP contribution in [0.2, 0.25) is 0 Å². The van der Waals surface area contributed by atoms with Crippen molar-refractivity contribution in [3.8, 4) is 0 Å². The van der Waals surface area contributed by atoms with Gasteiger partial charge in [0.15, 0.2) is 9.84 Å². The van der Waals surface area contributed by atoms with E-state index in [4.69, 9.17) is 0 Å². The molecule has 6 heteroatoms. The number of aromatic nitrogens is 2. The van der Waals surface area contributed by atoms with Crippen LogP contribution < -0.4 is 5.32 Å². The summed E-state index contributed by atoms with van der Waals surface area (Å²) in [5.41, 5.74) is 0.949. The first kappa shape index (κ1) is 11.4. The van der Waals surface area contributed by atoms with Crippen molar-refractivity contribution in [3.63, 3.8) is 0 Å². The summed E-state index contributed by atoms with van der Waals surface area (Å²) in [6.07, 6.45) is 2.64. The van der Waals surface area contributed by atoms with Crippen molar-refractivity contribution in [2.75, 3.05) is 16.8 Å². The molecule has 1 N–H and O–H groups in total. The normalized spacial score (nSPS) is 23.5. The van der Waals surface area contributed by atoms with Crippen LogP contribution >= 0.6 is 0 Å². The van der Waals surface area contributed by atoms with Gasteiger partial charge in [-0.25, -0.2) is 13.4 Å². The lowest BCUT2D eigenvalue weighted by atomic mass is 10.3. The average molecular weight is 243 g/mol. The minimum Gasteiger partial charge on any atom is -0.352 e. The van der Waals surface area contributed by atoms with Crippen LogP contribution in [-0.2, 0) is 16.4 Å². The van der Waals surface area contributed by atoms with Crippen molar-refractivity contribution in [1.82, 2.24) is 9.55 Å².